The zero-order valence-corrected chi connectivity index (χ0v) is 9.36. The van der Waals surface area contributed by atoms with Gasteiger partial charge >= 0.3 is 0 Å². The number of rotatable bonds is 4. The molecule has 0 radical (unpaired) electrons. The van der Waals surface area contributed by atoms with E-state index in [0.29, 0.717) is 23.5 Å². The largest absolute Gasteiger partial charge is 0.316 e. The molecule has 2 atom stereocenters. The summed E-state index contributed by atoms with van der Waals surface area (Å²) < 4.78 is 0. The summed E-state index contributed by atoms with van der Waals surface area (Å²) in [5.74, 6) is 1.94. The molecule has 1 aromatic carbocycles. The Morgan fingerprint density at radius 3 is 2.62 bits per heavy atom. The van der Waals surface area contributed by atoms with E-state index < -0.39 is 0 Å². The normalized spacial score (nSPS) is 28.5. The van der Waals surface area contributed by atoms with Crippen molar-refractivity contribution in [2.24, 2.45) is 11.8 Å². The number of ketones is 1. The highest BCUT2D eigenvalue weighted by Gasteiger charge is 2.43. The van der Waals surface area contributed by atoms with E-state index in [-0.39, 0.29) is 0 Å². The van der Waals surface area contributed by atoms with Gasteiger partial charge in [-0.2, -0.15) is 0 Å². The summed E-state index contributed by atoms with van der Waals surface area (Å²) in [4.78, 5) is 12.0. The summed E-state index contributed by atoms with van der Waals surface area (Å²) in [6.45, 7) is 2.07. The van der Waals surface area contributed by atoms with Crippen molar-refractivity contribution in [1.29, 1.82) is 0 Å². The fraction of sp³-hybridized carbons (Fsp3) is 0.500. The first-order valence-electron chi connectivity index (χ1n) is 6.13. The Kier molecular flexibility index (Phi) is 2.52. The summed E-state index contributed by atoms with van der Waals surface area (Å²) >= 11 is 0. The van der Waals surface area contributed by atoms with Gasteiger partial charge < -0.3 is 5.32 Å². The van der Waals surface area contributed by atoms with Crippen molar-refractivity contribution in [1.82, 2.24) is 5.32 Å². The first kappa shape index (κ1) is 10.0. The van der Waals surface area contributed by atoms with E-state index in [0.717, 1.165) is 25.9 Å². The molecule has 2 unspecified atom stereocenters. The van der Waals surface area contributed by atoms with Crippen molar-refractivity contribution >= 4 is 5.78 Å². The molecule has 0 amide bonds. The Morgan fingerprint density at radius 2 is 2.00 bits per heavy atom. The maximum absolute atomic E-state index is 12.0. The molecule has 0 spiro atoms. The second kappa shape index (κ2) is 4.02. The molecule has 1 saturated heterocycles. The van der Waals surface area contributed by atoms with Crippen LogP contribution in [0.2, 0.25) is 0 Å². The highest BCUT2D eigenvalue weighted by Crippen LogP contribution is 2.48. The minimum absolute atomic E-state index is 0.322. The van der Waals surface area contributed by atoms with Crippen LogP contribution in [-0.2, 0) is 4.79 Å². The lowest BCUT2D eigenvalue weighted by atomic mass is 9.94. The van der Waals surface area contributed by atoms with Crippen molar-refractivity contribution in [2.45, 2.75) is 18.8 Å². The van der Waals surface area contributed by atoms with Crippen LogP contribution in [0.1, 0.15) is 24.3 Å². The van der Waals surface area contributed by atoms with E-state index in [1.807, 2.05) is 6.07 Å². The maximum atomic E-state index is 12.0. The van der Waals surface area contributed by atoms with Gasteiger partial charge in [0.2, 0.25) is 0 Å². The molecule has 2 aliphatic rings. The molecule has 1 saturated carbocycles. The second-order valence-electron chi connectivity index (χ2n) is 5.05. The van der Waals surface area contributed by atoms with Gasteiger partial charge in [0, 0.05) is 12.3 Å². The summed E-state index contributed by atoms with van der Waals surface area (Å²) in [6, 6.07) is 10.4. The zero-order valence-electron chi connectivity index (χ0n) is 9.36. The molecule has 1 aromatic rings. The third-order valence-corrected chi connectivity index (χ3v) is 3.79. The Hall–Kier alpha value is -1.15. The topological polar surface area (TPSA) is 29.1 Å². The van der Waals surface area contributed by atoms with Crippen LogP contribution < -0.4 is 5.32 Å². The smallest absolute Gasteiger partial charge is 0.136 e. The Morgan fingerprint density at radius 1 is 1.25 bits per heavy atom. The molecule has 1 N–H and O–H groups in total. The van der Waals surface area contributed by atoms with Gasteiger partial charge in [0.05, 0.1) is 0 Å². The molecule has 1 aliphatic carbocycles. The van der Waals surface area contributed by atoms with Crippen LogP contribution in [0.25, 0.3) is 0 Å². The van der Waals surface area contributed by atoms with E-state index in [4.69, 9.17) is 0 Å². The number of carbonyl (C=O) groups is 1. The van der Waals surface area contributed by atoms with Crippen molar-refractivity contribution in [2.75, 3.05) is 13.1 Å². The van der Waals surface area contributed by atoms with Gasteiger partial charge in [-0.1, -0.05) is 30.3 Å². The number of benzene rings is 1. The monoisotopic (exact) mass is 215 g/mol. The second-order valence-corrected chi connectivity index (χ2v) is 5.05. The van der Waals surface area contributed by atoms with Gasteiger partial charge in [0.1, 0.15) is 5.78 Å². The third kappa shape index (κ3) is 1.90. The number of carbonyl (C=O) groups excluding carboxylic acids is 1. The van der Waals surface area contributed by atoms with Crippen LogP contribution in [0.15, 0.2) is 30.3 Å². The van der Waals surface area contributed by atoms with Crippen molar-refractivity contribution < 1.29 is 4.79 Å². The number of hydrogen-bond donors (Lipinski definition) is 1. The molecule has 0 aromatic heterocycles. The molecular weight excluding hydrogens is 198 g/mol. The SMILES string of the molecule is O=C(CC1CNC1)C1CC1c1ccccc1. The van der Waals surface area contributed by atoms with Gasteiger partial charge in [-0.15, -0.1) is 0 Å². The standard InChI is InChI=1S/C14H17NO/c16-14(6-10-8-15-9-10)13-7-12(13)11-4-2-1-3-5-11/h1-5,10,12-13,15H,6-9H2. The first-order valence-corrected chi connectivity index (χ1v) is 6.13. The highest BCUT2D eigenvalue weighted by atomic mass is 16.1. The molecule has 1 heterocycles. The molecule has 3 rings (SSSR count). The number of hydrogen-bond acceptors (Lipinski definition) is 2. The fourth-order valence-corrected chi connectivity index (χ4v) is 2.55. The zero-order chi connectivity index (χ0) is 11.0. The maximum Gasteiger partial charge on any atom is 0.136 e. The number of nitrogens with one attached hydrogen (secondary N) is 1. The Labute approximate surface area is 96.1 Å². The first-order chi connectivity index (χ1) is 7.84. The van der Waals surface area contributed by atoms with Crippen LogP contribution in [0.3, 0.4) is 0 Å². The van der Waals surface area contributed by atoms with Gasteiger partial charge in [0.15, 0.2) is 0 Å². The van der Waals surface area contributed by atoms with Crippen LogP contribution in [-0.4, -0.2) is 18.9 Å². The lowest BCUT2D eigenvalue weighted by Crippen LogP contribution is -2.43. The summed E-state index contributed by atoms with van der Waals surface area (Å²) in [5, 5.41) is 3.22. The van der Waals surface area contributed by atoms with Crippen LogP contribution in [0.4, 0.5) is 0 Å². The lowest BCUT2D eigenvalue weighted by Gasteiger charge is -2.26. The van der Waals surface area contributed by atoms with Crippen molar-refractivity contribution in [3.8, 4) is 0 Å². The van der Waals surface area contributed by atoms with Gasteiger partial charge in [-0.3, -0.25) is 4.79 Å². The van der Waals surface area contributed by atoms with E-state index in [9.17, 15) is 4.79 Å². The van der Waals surface area contributed by atoms with Crippen LogP contribution in [0, 0.1) is 11.8 Å². The fourth-order valence-electron chi connectivity index (χ4n) is 2.55. The quantitative estimate of drug-likeness (QED) is 0.832. The van der Waals surface area contributed by atoms with Gasteiger partial charge in [0.25, 0.3) is 0 Å². The predicted molar refractivity (Wildman–Crippen MR) is 63.3 cm³/mol. The molecular formula is C14H17NO. The van der Waals surface area contributed by atoms with E-state index in [1.54, 1.807) is 0 Å². The van der Waals surface area contributed by atoms with Crippen molar-refractivity contribution in [3.63, 3.8) is 0 Å². The average Bonchev–Trinajstić information content (AvgIpc) is 3.04. The number of Topliss-reactive ketones (excluding diaryl/α,β-unsaturated/α-hetero) is 1. The minimum atomic E-state index is 0.322. The Balaban J connectivity index is 1.57. The van der Waals surface area contributed by atoms with Gasteiger partial charge in [-0.25, -0.2) is 0 Å². The molecule has 2 heteroatoms. The summed E-state index contributed by atoms with van der Waals surface area (Å²) in [5.41, 5.74) is 1.34. The molecule has 2 nitrogen and oxygen atoms in total. The molecule has 84 valence electrons. The summed E-state index contributed by atoms with van der Waals surface area (Å²) in [7, 11) is 0. The van der Waals surface area contributed by atoms with E-state index in [1.165, 1.54) is 5.56 Å². The third-order valence-electron chi connectivity index (χ3n) is 3.79. The molecule has 0 bridgehead atoms. The Bertz CT molecular complexity index is 383. The molecule has 2 fully saturated rings. The van der Waals surface area contributed by atoms with Crippen molar-refractivity contribution in [3.05, 3.63) is 35.9 Å². The average molecular weight is 215 g/mol. The van der Waals surface area contributed by atoms with Crippen LogP contribution in [0.5, 0.6) is 0 Å². The summed E-state index contributed by atoms with van der Waals surface area (Å²) in [6.07, 6.45) is 1.87. The van der Waals surface area contributed by atoms with E-state index >= 15 is 0 Å². The molecule has 1 aliphatic heterocycles. The van der Waals surface area contributed by atoms with Gasteiger partial charge in [-0.05, 0) is 36.9 Å². The highest BCUT2D eigenvalue weighted by molar-refractivity contribution is 5.85. The molecule has 16 heavy (non-hydrogen) atoms. The van der Waals surface area contributed by atoms with E-state index in [2.05, 4.69) is 29.6 Å². The lowest BCUT2D eigenvalue weighted by molar-refractivity contribution is -0.121. The van der Waals surface area contributed by atoms with Crippen LogP contribution >= 0.6 is 0 Å². The minimum Gasteiger partial charge on any atom is -0.316 e. The predicted octanol–water partition coefficient (Wildman–Crippen LogP) is 1.97.